The second-order valence-corrected chi connectivity index (χ2v) is 1.37. The predicted molar refractivity (Wildman–Crippen MR) is 22.4 cm³/mol. The Morgan fingerprint density at radius 3 is 2.38 bits per heavy atom. The topological polar surface area (TPSA) is 72.6 Å². The number of esters is 1. The van der Waals surface area contributed by atoms with E-state index in [2.05, 4.69) is 4.74 Å². The summed E-state index contributed by atoms with van der Waals surface area (Å²) in [4.78, 5) is 20.2. The van der Waals surface area contributed by atoms with Crippen LogP contribution in [-0.4, -0.2) is 23.6 Å². The number of nitrogens with two attached hydrogens (primary N) is 1. The summed E-state index contributed by atoms with van der Waals surface area (Å²) in [6, 6.07) is 0. The first kappa shape index (κ1) is 5.04. The minimum atomic E-state index is -0.782. The maximum atomic E-state index is 10.1. The van der Waals surface area contributed by atoms with E-state index in [9.17, 15) is 9.59 Å². The van der Waals surface area contributed by atoms with Crippen LogP contribution in [0.4, 0.5) is 4.79 Å². The van der Waals surface area contributed by atoms with E-state index in [1.165, 1.54) is 0 Å². The first-order chi connectivity index (χ1) is 3.70. The Balaban J connectivity index is 2.64. The third-order valence-corrected chi connectivity index (χ3v) is 0.735. The number of cyclic esters (lactones) is 2. The molecule has 1 aliphatic heterocycles. The quantitative estimate of drug-likeness (QED) is 0.187. The summed E-state index contributed by atoms with van der Waals surface area (Å²) in [5.74, 6) is 4.31. The maximum absolute atomic E-state index is 10.1. The Morgan fingerprint density at radius 2 is 2.25 bits per heavy atom. The maximum Gasteiger partial charge on any atom is 0.432 e. The molecule has 0 aliphatic carbocycles. The van der Waals surface area contributed by atoms with E-state index in [0.717, 1.165) is 0 Å². The van der Waals surface area contributed by atoms with Crippen LogP contribution in [0.15, 0.2) is 0 Å². The number of hydrogen-bond acceptors (Lipinski definition) is 4. The minimum Gasteiger partial charge on any atom is -0.374 e. The van der Waals surface area contributed by atoms with Crippen molar-refractivity contribution in [3.05, 3.63) is 0 Å². The van der Waals surface area contributed by atoms with E-state index in [-0.39, 0.29) is 6.54 Å². The molecule has 1 amide bonds. The monoisotopic (exact) mass is 116 g/mol. The number of carbonyl (C=O) groups is 2. The number of carbonyl (C=O) groups excluding carboxylic acids is 2. The number of ether oxygens (including phenoxy) is 1. The SMILES string of the molecule is NN1CC(=O)OC1=O. The highest BCUT2D eigenvalue weighted by Crippen LogP contribution is 1.96. The first-order valence-electron chi connectivity index (χ1n) is 1.97. The molecule has 0 aromatic rings. The van der Waals surface area contributed by atoms with Gasteiger partial charge < -0.3 is 4.74 Å². The largest absolute Gasteiger partial charge is 0.432 e. The van der Waals surface area contributed by atoms with Crippen molar-refractivity contribution in [3.8, 4) is 0 Å². The third-order valence-electron chi connectivity index (χ3n) is 0.735. The Hall–Kier alpha value is -1.10. The van der Waals surface area contributed by atoms with E-state index < -0.39 is 12.1 Å². The summed E-state index contributed by atoms with van der Waals surface area (Å²) in [5, 5.41) is 0.711. The molecule has 0 unspecified atom stereocenters. The number of rotatable bonds is 0. The van der Waals surface area contributed by atoms with Crippen molar-refractivity contribution in [1.82, 2.24) is 5.01 Å². The molecular formula is C3H4N2O3. The normalized spacial score (nSPS) is 19.4. The molecule has 0 radical (unpaired) electrons. The highest BCUT2D eigenvalue weighted by molar-refractivity contribution is 5.92. The zero-order chi connectivity index (χ0) is 6.15. The second-order valence-electron chi connectivity index (χ2n) is 1.37. The van der Waals surface area contributed by atoms with Gasteiger partial charge in [-0.05, 0) is 0 Å². The van der Waals surface area contributed by atoms with Crippen LogP contribution in [0.3, 0.4) is 0 Å². The predicted octanol–water partition coefficient (Wildman–Crippen LogP) is -1.16. The Labute approximate surface area is 45.0 Å². The van der Waals surface area contributed by atoms with Crippen molar-refractivity contribution in [3.63, 3.8) is 0 Å². The lowest BCUT2D eigenvalue weighted by Crippen LogP contribution is -2.31. The smallest absolute Gasteiger partial charge is 0.374 e. The van der Waals surface area contributed by atoms with Gasteiger partial charge in [0.1, 0.15) is 6.54 Å². The van der Waals surface area contributed by atoms with Crippen molar-refractivity contribution in [1.29, 1.82) is 0 Å². The molecule has 8 heavy (non-hydrogen) atoms. The molecule has 1 fully saturated rings. The highest BCUT2D eigenvalue weighted by Gasteiger charge is 2.26. The van der Waals surface area contributed by atoms with Gasteiger partial charge in [0.15, 0.2) is 0 Å². The Morgan fingerprint density at radius 1 is 1.62 bits per heavy atom. The van der Waals surface area contributed by atoms with Gasteiger partial charge in [0.05, 0.1) is 0 Å². The molecule has 0 aromatic carbocycles. The van der Waals surface area contributed by atoms with Gasteiger partial charge in [-0.25, -0.2) is 20.4 Å². The van der Waals surface area contributed by atoms with E-state index in [0.29, 0.717) is 5.01 Å². The van der Waals surface area contributed by atoms with E-state index in [1.54, 1.807) is 0 Å². The van der Waals surface area contributed by atoms with Gasteiger partial charge in [-0.3, -0.25) is 0 Å². The van der Waals surface area contributed by atoms with Gasteiger partial charge in [-0.15, -0.1) is 0 Å². The van der Waals surface area contributed by atoms with Gasteiger partial charge in [-0.2, -0.15) is 0 Å². The molecule has 1 saturated heterocycles. The van der Waals surface area contributed by atoms with Gasteiger partial charge >= 0.3 is 12.1 Å². The molecule has 0 bridgehead atoms. The van der Waals surface area contributed by atoms with Gasteiger partial charge in [0, 0.05) is 0 Å². The van der Waals surface area contributed by atoms with Crippen molar-refractivity contribution in [2.24, 2.45) is 5.84 Å². The van der Waals surface area contributed by atoms with Crippen molar-refractivity contribution in [2.75, 3.05) is 6.54 Å². The van der Waals surface area contributed by atoms with E-state index in [4.69, 9.17) is 5.84 Å². The minimum absolute atomic E-state index is 0.140. The molecule has 5 heteroatoms. The van der Waals surface area contributed by atoms with Gasteiger partial charge in [0.2, 0.25) is 0 Å². The van der Waals surface area contributed by atoms with Crippen LogP contribution in [-0.2, 0) is 9.53 Å². The first-order valence-corrected chi connectivity index (χ1v) is 1.97. The van der Waals surface area contributed by atoms with Crippen LogP contribution in [0.1, 0.15) is 0 Å². The molecule has 0 aromatic heterocycles. The summed E-state index contributed by atoms with van der Waals surface area (Å²) in [5.41, 5.74) is 0. The molecule has 1 aliphatic rings. The molecule has 5 nitrogen and oxygen atoms in total. The fraction of sp³-hybridized carbons (Fsp3) is 0.333. The van der Waals surface area contributed by atoms with Crippen LogP contribution < -0.4 is 5.84 Å². The lowest BCUT2D eigenvalue weighted by atomic mass is 10.7. The summed E-state index contributed by atoms with van der Waals surface area (Å²) in [7, 11) is 0. The summed E-state index contributed by atoms with van der Waals surface area (Å²) < 4.78 is 4.00. The summed E-state index contributed by atoms with van der Waals surface area (Å²) in [6.07, 6.45) is -0.782. The zero-order valence-corrected chi connectivity index (χ0v) is 3.96. The summed E-state index contributed by atoms with van der Waals surface area (Å²) in [6.45, 7) is -0.140. The molecule has 0 atom stereocenters. The van der Waals surface area contributed by atoms with Crippen LogP contribution in [0.5, 0.6) is 0 Å². The van der Waals surface area contributed by atoms with Crippen LogP contribution >= 0.6 is 0 Å². The standard InChI is InChI=1S/C3H4N2O3/c4-5-1-2(6)8-3(5)7/h1,4H2. The average molecular weight is 116 g/mol. The fourth-order valence-corrected chi connectivity index (χ4v) is 0.392. The number of nitrogens with zero attached hydrogens (tertiary/aromatic N) is 1. The third kappa shape index (κ3) is 0.627. The Bertz CT molecular complexity index is 143. The zero-order valence-electron chi connectivity index (χ0n) is 3.96. The lowest BCUT2D eigenvalue weighted by molar-refractivity contribution is -0.132. The summed E-state index contributed by atoms with van der Waals surface area (Å²) >= 11 is 0. The molecule has 0 saturated carbocycles. The fourth-order valence-electron chi connectivity index (χ4n) is 0.392. The average Bonchev–Trinajstić information content (AvgIpc) is 1.85. The van der Waals surface area contributed by atoms with Crippen LogP contribution in [0, 0.1) is 0 Å². The number of hydrazine groups is 1. The van der Waals surface area contributed by atoms with Gasteiger partial charge in [0.25, 0.3) is 0 Å². The van der Waals surface area contributed by atoms with E-state index in [1.807, 2.05) is 0 Å². The molecule has 0 spiro atoms. The van der Waals surface area contributed by atoms with Gasteiger partial charge in [-0.1, -0.05) is 0 Å². The van der Waals surface area contributed by atoms with Crippen molar-refractivity contribution < 1.29 is 14.3 Å². The molecule has 2 N–H and O–H groups in total. The van der Waals surface area contributed by atoms with Crippen LogP contribution in [0.25, 0.3) is 0 Å². The molecule has 1 rings (SSSR count). The van der Waals surface area contributed by atoms with Crippen LogP contribution in [0.2, 0.25) is 0 Å². The van der Waals surface area contributed by atoms with Crippen molar-refractivity contribution >= 4 is 12.1 Å². The highest BCUT2D eigenvalue weighted by atomic mass is 16.6. The number of hydrogen-bond donors (Lipinski definition) is 1. The Kier molecular flexibility index (Phi) is 0.911. The van der Waals surface area contributed by atoms with Crippen molar-refractivity contribution in [2.45, 2.75) is 0 Å². The molecule has 44 valence electrons. The van der Waals surface area contributed by atoms with E-state index >= 15 is 0 Å². The molecular weight excluding hydrogens is 112 g/mol. The number of amides is 1. The lowest BCUT2D eigenvalue weighted by Gasteiger charge is -1.97. The second kappa shape index (κ2) is 1.45. The molecule has 1 heterocycles.